The van der Waals surface area contributed by atoms with Gasteiger partial charge < -0.3 is 15.5 Å². The van der Waals surface area contributed by atoms with Gasteiger partial charge in [-0.05, 0) is 24.4 Å². The Balaban J connectivity index is 2.93. The molecule has 108 valence electrons. The highest BCUT2D eigenvalue weighted by Gasteiger charge is 2.14. The number of benzene rings is 1. The van der Waals surface area contributed by atoms with Crippen molar-refractivity contribution in [3.8, 4) is 0 Å². The fourth-order valence-electron chi connectivity index (χ4n) is 1.76. The summed E-state index contributed by atoms with van der Waals surface area (Å²) in [6, 6.07) is 4.33. The van der Waals surface area contributed by atoms with Crippen LogP contribution in [0.5, 0.6) is 0 Å². The molecule has 0 saturated heterocycles. The zero-order valence-corrected chi connectivity index (χ0v) is 12.0. The summed E-state index contributed by atoms with van der Waals surface area (Å²) in [6.45, 7) is 8.11. The van der Waals surface area contributed by atoms with Crippen molar-refractivity contribution in [1.82, 2.24) is 10.2 Å². The summed E-state index contributed by atoms with van der Waals surface area (Å²) in [5, 5.41) is 14.1. The lowest BCUT2D eigenvalue weighted by molar-refractivity contribution is 0.546. The monoisotopic (exact) mass is 276 g/mol. The van der Waals surface area contributed by atoms with E-state index in [1.54, 1.807) is 31.3 Å². The smallest absolute Gasteiger partial charge is 0.134 e. The largest absolute Gasteiger partial charge is 0.392 e. The molecule has 0 atom stereocenters. The number of nitrogens with one attached hydrogen (secondary N) is 3. The van der Waals surface area contributed by atoms with Gasteiger partial charge in [-0.1, -0.05) is 13.2 Å². The van der Waals surface area contributed by atoms with Crippen LogP contribution < -0.4 is 10.6 Å². The van der Waals surface area contributed by atoms with Crippen molar-refractivity contribution in [3.05, 3.63) is 54.6 Å². The summed E-state index contributed by atoms with van der Waals surface area (Å²) >= 11 is 0. The molecule has 5 heteroatoms. The van der Waals surface area contributed by atoms with Crippen LogP contribution >= 0.6 is 0 Å². The molecule has 20 heavy (non-hydrogen) atoms. The van der Waals surface area contributed by atoms with Crippen molar-refractivity contribution in [2.24, 2.45) is 0 Å². The summed E-state index contributed by atoms with van der Waals surface area (Å²) in [5.74, 6) is -0.167. The second kappa shape index (κ2) is 7.33. The highest BCUT2D eigenvalue weighted by molar-refractivity contribution is 6.01. The Labute approximate surface area is 119 Å². The Bertz CT molecular complexity index is 511. The molecule has 3 N–H and O–H groups in total. The highest BCUT2D eigenvalue weighted by Crippen LogP contribution is 2.19. The van der Waals surface area contributed by atoms with Gasteiger partial charge in [0.05, 0.1) is 0 Å². The standard InChI is InChI=1S/C15H21FN4/c1-5-20(9-8-11(2)18-3)15(17)13-10-12(16)6-7-14(13)19-4/h5-7,10,17-19H,1-2,8-9H2,3-4H3. The normalized spacial score (nSPS) is 9.75. The van der Waals surface area contributed by atoms with E-state index in [0.29, 0.717) is 24.2 Å². The summed E-state index contributed by atoms with van der Waals surface area (Å²) in [4.78, 5) is 1.66. The first-order valence-corrected chi connectivity index (χ1v) is 6.34. The number of nitrogens with zero attached hydrogens (tertiary/aromatic N) is 1. The van der Waals surface area contributed by atoms with Gasteiger partial charge in [-0.2, -0.15) is 0 Å². The second-order valence-electron chi connectivity index (χ2n) is 4.27. The molecule has 0 amide bonds. The second-order valence-corrected chi connectivity index (χ2v) is 4.27. The molecular weight excluding hydrogens is 255 g/mol. The van der Waals surface area contributed by atoms with Gasteiger partial charge in [0.15, 0.2) is 0 Å². The van der Waals surface area contributed by atoms with Crippen LogP contribution in [0.4, 0.5) is 10.1 Å². The van der Waals surface area contributed by atoms with Crippen molar-refractivity contribution in [1.29, 1.82) is 5.41 Å². The maximum Gasteiger partial charge on any atom is 0.134 e. The van der Waals surface area contributed by atoms with Crippen molar-refractivity contribution in [2.45, 2.75) is 6.42 Å². The zero-order chi connectivity index (χ0) is 15.1. The summed E-state index contributed by atoms with van der Waals surface area (Å²) < 4.78 is 13.4. The molecule has 0 aromatic heterocycles. The van der Waals surface area contributed by atoms with Crippen LogP contribution in [0.2, 0.25) is 0 Å². The van der Waals surface area contributed by atoms with Crippen LogP contribution in [-0.4, -0.2) is 31.4 Å². The van der Waals surface area contributed by atoms with Gasteiger partial charge >= 0.3 is 0 Å². The van der Waals surface area contributed by atoms with Crippen LogP contribution in [-0.2, 0) is 0 Å². The predicted octanol–water partition coefficient (Wildman–Crippen LogP) is 2.76. The van der Waals surface area contributed by atoms with Gasteiger partial charge in [-0.3, -0.25) is 5.41 Å². The Morgan fingerprint density at radius 2 is 2.15 bits per heavy atom. The molecule has 1 rings (SSSR count). The van der Waals surface area contributed by atoms with E-state index in [-0.39, 0.29) is 11.7 Å². The van der Waals surface area contributed by atoms with Crippen molar-refractivity contribution in [3.63, 3.8) is 0 Å². The van der Waals surface area contributed by atoms with Crippen LogP contribution in [0.1, 0.15) is 12.0 Å². The molecule has 0 aliphatic rings. The number of amidine groups is 1. The van der Waals surface area contributed by atoms with Gasteiger partial charge in [0.2, 0.25) is 0 Å². The Morgan fingerprint density at radius 3 is 2.70 bits per heavy atom. The first-order valence-electron chi connectivity index (χ1n) is 6.34. The highest BCUT2D eigenvalue weighted by atomic mass is 19.1. The van der Waals surface area contributed by atoms with Crippen LogP contribution in [0.3, 0.4) is 0 Å². The molecule has 0 bridgehead atoms. The number of hydrogen-bond donors (Lipinski definition) is 3. The maximum atomic E-state index is 13.4. The van der Waals surface area contributed by atoms with Gasteiger partial charge in [0.25, 0.3) is 0 Å². The quantitative estimate of drug-likeness (QED) is 0.530. The molecule has 0 fully saturated rings. The number of rotatable bonds is 7. The molecule has 1 aromatic carbocycles. The lowest BCUT2D eigenvalue weighted by Gasteiger charge is -2.23. The van der Waals surface area contributed by atoms with Crippen LogP contribution in [0, 0.1) is 11.2 Å². The van der Waals surface area contributed by atoms with Crippen molar-refractivity contribution >= 4 is 11.5 Å². The molecule has 1 aromatic rings. The van der Waals surface area contributed by atoms with E-state index in [1.165, 1.54) is 12.1 Å². The zero-order valence-electron chi connectivity index (χ0n) is 12.0. The van der Waals surface area contributed by atoms with E-state index in [2.05, 4.69) is 23.8 Å². The van der Waals surface area contributed by atoms with Gasteiger partial charge in [-0.15, -0.1) is 0 Å². The average molecular weight is 276 g/mol. The summed E-state index contributed by atoms with van der Waals surface area (Å²) in [6.07, 6.45) is 2.24. The summed E-state index contributed by atoms with van der Waals surface area (Å²) in [5.41, 5.74) is 2.08. The minimum absolute atomic E-state index is 0.202. The Hall–Kier alpha value is -2.30. The van der Waals surface area contributed by atoms with Gasteiger partial charge in [-0.25, -0.2) is 4.39 Å². The van der Waals surface area contributed by atoms with E-state index in [1.807, 2.05) is 0 Å². The molecule has 0 aliphatic heterocycles. The lowest BCUT2D eigenvalue weighted by Crippen LogP contribution is -2.28. The van der Waals surface area contributed by atoms with Gasteiger partial charge in [0, 0.05) is 44.0 Å². The first-order chi connectivity index (χ1) is 9.53. The van der Waals surface area contributed by atoms with Gasteiger partial charge in [0.1, 0.15) is 11.7 Å². The lowest BCUT2D eigenvalue weighted by atomic mass is 10.1. The van der Waals surface area contributed by atoms with E-state index < -0.39 is 0 Å². The van der Waals surface area contributed by atoms with E-state index in [0.717, 1.165) is 5.70 Å². The minimum Gasteiger partial charge on any atom is -0.392 e. The fraction of sp³-hybridized carbons (Fsp3) is 0.267. The molecular formula is C15H21FN4. The molecule has 4 nitrogen and oxygen atoms in total. The molecule has 0 heterocycles. The maximum absolute atomic E-state index is 13.4. The first kappa shape index (κ1) is 15.8. The minimum atomic E-state index is -0.368. The fourth-order valence-corrected chi connectivity index (χ4v) is 1.76. The third-order valence-electron chi connectivity index (χ3n) is 3.02. The third kappa shape index (κ3) is 3.85. The van der Waals surface area contributed by atoms with Crippen LogP contribution in [0.25, 0.3) is 0 Å². The number of hydrogen-bond acceptors (Lipinski definition) is 3. The molecule has 0 saturated carbocycles. The molecule has 0 aliphatic carbocycles. The summed E-state index contributed by atoms with van der Waals surface area (Å²) in [7, 11) is 3.54. The SMILES string of the molecule is C=CN(CCC(=C)NC)C(=N)c1cc(F)ccc1NC. The van der Waals surface area contributed by atoms with Crippen molar-refractivity contribution < 1.29 is 4.39 Å². The number of anilines is 1. The van der Waals surface area contributed by atoms with Crippen molar-refractivity contribution in [2.75, 3.05) is 26.0 Å². The van der Waals surface area contributed by atoms with Crippen LogP contribution in [0.15, 0.2) is 43.3 Å². The number of halogens is 1. The Morgan fingerprint density at radius 1 is 1.45 bits per heavy atom. The molecule has 0 radical (unpaired) electrons. The van der Waals surface area contributed by atoms with E-state index in [9.17, 15) is 4.39 Å². The molecule has 0 unspecified atom stereocenters. The van der Waals surface area contributed by atoms with E-state index in [4.69, 9.17) is 5.41 Å². The topological polar surface area (TPSA) is 51.2 Å². The average Bonchev–Trinajstić information content (AvgIpc) is 2.47. The third-order valence-corrected chi connectivity index (χ3v) is 3.02. The van der Waals surface area contributed by atoms with E-state index >= 15 is 0 Å². The molecule has 0 spiro atoms. The predicted molar refractivity (Wildman–Crippen MR) is 82.5 cm³/mol. The Kier molecular flexibility index (Phi) is 5.77.